The summed E-state index contributed by atoms with van der Waals surface area (Å²) in [5, 5.41) is 2.88. The monoisotopic (exact) mass is 474 g/mol. The van der Waals surface area contributed by atoms with Gasteiger partial charge in [-0.15, -0.1) is 0 Å². The summed E-state index contributed by atoms with van der Waals surface area (Å²) in [6, 6.07) is 17.2. The Morgan fingerprint density at radius 2 is 2.06 bits per heavy atom. The molecular weight excluding hydrogens is 444 g/mol. The van der Waals surface area contributed by atoms with Crippen molar-refractivity contribution in [1.29, 1.82) is 0 Å². The van der Waals surface area contributed by atoms with Crippen molar-refractivity contribution in [1.82, 2.24) is 10.2 Å². The molecule has 7 nitrogen and oxygen atoms in total. The Morgan fingerprint density at radius 3 is 2.83 bits per heavy atom. The molecule has 7 heteroatoms. The van der Waals surface area contributed by atoms with E-state index in [-0.39, 0.29) is 30.6 Å². The molecule has 0 unspecified atom stereocenters. The molecule has 35 heavy (non-hydrogen) atoms. The van der Waals surface area contributed by atoms with Crippen LogP contribution in [0.2, 0.25) is 0 Å². The largest absolute Gasteiger partial charge is 0.484 e. The highest BCUT2D eigenvalue weighted by Gasteiger charge is 2.34. The van der Waals surface area contributed by atoms with Crippen molar-refractivity contribution in [3.8, 4) is 5.75 Å². The molecular formula is C28H30N2O5. The number of nitrogens with one attached hydrogen (secondary N) is 1. The number of carbonyl (C=O) groups is 2. The summed E-state index contributed by atoms with van der Waals surface area (Å²) in [6.45, 7) is 3.81. The van der Waals surface area contributed by atoms with Crippen LogP contribution in [0, 0.1) is 6.92 Å². The van der Waals surface area contributed by atoms with Gasteiger partial charge in [0.05, 0.1) is 18.4 Å². The van der Waals surface area contributed by atoms with Crippen molar-refractivity contribution in [2.75, 3.05) is 26.3 Å². The topological polar surface area (TPSA) is 81.0 Å². The maximum atomic E-state index is 13.4. The highest BCUT2D eigenvalue weighted by molar-refractivity contribution is 5.92. The molecule has 1 fully saturated rings. The Morgan fingerprint density at radius 1 is 1.14 bits per heavy atom. The lowest BCUT2D eigenvalue weighted by molar-refractivity contribution is -0.123. The molecule has 3 heterocycles. The van der Waals surface area contributed by atoms with Crippen LogP contribution >= 0.6 is 0 Å². The van der Waals surface area contributed by atoms with Gasteiger partial charge in [-0.2, -0.15) is 0 Å². The van der Waals surface area contributed by atoms with E-state index >= 15 is 0 Å². The molecule has 1 saturated heterocycles. The van der Waals surface area contributed by atoms with Gasteiger partial charge in [0.1, 0.15) is 5.75 Å². The molecule has 182 valence electrons. The number of hydrogen-bond acceptors (Lipinski definition) is 5. The predicted octanol–water partition coefficient (Wildman–Crippen LogP) is 4.05. The summed E-state index contributed by atoms with van der Waals surface area (Å²) in [5.41, 5.74) is 4.31. The second-order valence-electron chi connectivity index (χ2n) is 9.13. The van der Waals surface area contributed by atoms with Crippen LogP contribution in [0.3, 0.4) is 0 Å². The number of rotatable bonds is 7. The number of furan rings is 1. The maximum Gasteiger partial charge on any atom is 0.290 e. The molecule has 0 radical (unpaired) electrons. The minimum absolute atomic E-state index is 0.0738. The van der Waals surface area contributed by atoms with Gasteiger partial charge in [0.15, 0.2) is 12.4 Å². The zero-order valence-electron chi connectivity index (χ0n) is 19.9. The zero-order chi connectivity index (χ0) is 24.2. The van der Waals surface area contributed by atoms with E-state index in [9.17, 15) is 9.59 Å². The van der Waals surface area contributed by atoms with E-state index in [1.165, 1.54) is 6.26 Å². The number of nitrogens with zero attached hydrogens (tertiary/aromatic N) is 1. The van der Waals surface area contributed by atoms with Crippen LogP contribution in [0.1, 0.15) is 51.7 Å². The van der Waals surface area contributed by atoms with Gasteiger partial charge in [0.25, 0.3) is 11.8 Å². The Labute approximate surface area is 205 Å². The summed E-state index contributed by atoms with van der Waals surface area (Å²) in [4.78, 5) is 27.5. The molecule has 1 N–H and O–H groups in total. The number of hydrogen-bond donors (Lipinski definition) is 1. The fourth-order valence-electron chi connectivity index (χ4n) is 4.88. The smallest absolute Gasteiger partial charge is 0.290 e. The van der Waals surface area contributed by atoms with Crippen LogP contribution in [0.5, 0.6) is 5.75 Å². The average molecular weight is 475 g/mol. The van der Waals surface area contributed by atoms with Crippen LogP contribution < -0.4 is 10.1 Å². The van der Waals surface area contributed by atoms with Crippen LogP contribution in [0.15, 0.2) is 65.3 Å². The van der Waals surface area contributed by atoms with Crippen molar-refractivity contribution in [3.05, 3.63) is 88.9 Å². The van der Waals surface area contributed by atoms with E-state index in [1.807, 2.05) is 48.2 Å². The predicted molar refractivity (Wildman–Crippen MR) is 130 cm³/mol. The van der Waals surface area contributed by atoms with Crippen molar-refractivity contribution in [2.24, 2.45) is 0 Å². The summed E-state index contributed by atoms with van der Waals surface area (Å²) in [6.07, 6.45) is 4.35. The number of benzene rings is 2. The number of fused-ring (bicyclic) bond motifs is 1. The molecule has 2 amide bonds. The fraction of sp³-hybridized carbons (Fsp3) is 0.357. The van der Waals surface area contributed by atoms with E-state index in [2.05, 4.69) is 11.4 Å². The Hall–Kier alpha value is -3.58. The minimum atomic E-state index is -0.284. The van der Waals surface area contributed by atoms with Gasteiger partial charge in [-0.1, -0.05) is 35.9 Å². The molecule has 0 spiro atoms. The lowest BCUT2D eigenvalue weighted by atomic mass is 9.87. The maximum absolute atomic E-state index is 13.4. The lowest BCUT2D eigenvalue weighted by Gasteiger charge is -2.37. The molecule has 1 aromatic heterocycles. The summed E-state index contributed by atoms with van der Waals surface area (Å²) < 4.78 is 16.8. The van der Waals surface area contributed by atoms with Gasteiger partial charge in [-0.3, -0.25) is 9.59 Å². The van der Waals surface area contributed by atoms with Crippen molar-refractivity contribution < 1.29 is 23.5 Å². The van der Waals surface area contributed by atoms with E-state index in [0.717, 1.165) is 48.1 Å². The summed E-state index contributed by atoms with van der Waals surface area (Å²) in [5.74, 6) is 0.595. The Balaban J connectivity index is 1.37. The molecule has 2 aromatic carbocycles. The number of ether oxygens (including phenoxy) is 2. The first-order valence-corrected chi connectivity index (χ1v) is 12.1. The SMILES string of the molecule is Cc1cccc([C@H]2c3cc(OCC(=O)NC[C@@H]4CCCO4)ccc3CCN2C(=O)c2ccco2)c1. The first-order valence-electron chi connectivity index (χ1n) is 12.1. The summed E-state index contributed by atoms with van der Waals surface area (Å²) >= 11 is 0. The van der Waals surface area contributed by atoms with Crippen LogP contribution in [-0.2, 0) is 16.0 Å². The van der Waals surface area contributed by atoms with Crippen molar-refractivity contribution >= 4 is 11.8 Å². The van der Waals surface area contributed by atoms with Gasteiger partial charge in [-0.25, -0.2) is 0 Å². The minimum Gasteiger partial charge on any atom is -0.484 e. The highest BCUT2D eigenvalue weighted by atomic mass is 16.5. The standard InChI is InChI=1S/C28H30N2O5/c1-19-5-2-6-21(15-19)27-24-16-22(35-18-26(31)29-17-23-7-3-13-33-23)10-9-20(24)11-12-30(27)28(32)25-8-4-14-34-25/h2,4-6,8-10,14-16,23,27H,3,7,11-13,17-18H2,1H3,(H,29,31)/t23-,27-/m0/s1. The van der Waals surface area contributed by atoms with Gasteiger partial charge >= 0.3 is 0 Å². The molecule has 0 bridgehead atoms. The van der Waals surface area contributed by atoms with Crippen LogP contribution in [0.4, 0.5) is 0 Å². The fourth-order valence-corrected chi connectivity index (χ4v) is 4.88. The van der Waals surface area contributed by atoms with E-state index in [0.29, 0.717) is 24.6 Å². The van der Waals surface area contributed by atoms with Crippen molar-refractivity contribution in [3.63, 3.8) is 0 Å². The second kappa shape index (κ2) is 10.4. The molecule has 0 aliphatic carbocycles. The van der Waals surface area contributed by atoms with Gasteiger partial charge in [-0.05, 0) is 67.1 Å². The number of aryl methyl sites for hydroxylation is 1. The average Bonchev–Trinajstić information content (AvgIpc) is 3.60. The van der Waals surface area contributed by atoms with Gasteiger partial charge < -0.3 is 24.1 Å². The van der Waals surface area contributed by atoms with Gasteiger partial charge in [0, 0.05) is 19.7 Å². The molecule has 5 rings (SSSR count). The lowest BCUT2D eigenvalue weighted by Crippen LogP contribution is -2.40. The first-order chi connectivity index (χ1) is 17.1. The quantitative estimate of drug-likeness (QED) is 0.559. The van der Waals surface area contributed by atoms with Crippen molar-refractivity contribution in [2.45, 2.75) is 38.3 Å². The molecule has 3 aromatic rings. The highest BCUT2D eigenvalue weighted by Crippen LogP contribution is 2.38. The number of carbonyl (C=O) groups excluding carboxylic acids is 2. The summed E-state index contributed by atoms with van der Waals surface area (Å²) in [7, 11) is 0. The van der Waals surface area contributed by atoms with Crippen LogP contribution in [0.25, 0.3) is 0 Å². The van der Waals surface area contributed by atoms with E-state index < -0.39 is 0 Å². The van der Waals surface area contributed by atoms with Crippen LogP contribution in [-0.4, -0.2) is 49.1 Å². The first kappa shape index (κ1) is 23.2. The molecule has 2 aliphatic rings. The molecule has 2 atom stereocenters. The van der Waals surface area contributed by atoms with Gasteiger partial charge in [0.2, 0.25) is 0 Å². The van der Waals surface area contributed by atoms with E-state index in [1.54, 1.807) is 12.1 Å². The zero-order valence-corrected chi connectivity index (χ0v) is 19.9. The molecule has 2 aliphatic heterocycles. The normalized spacial score (nSPS) is 19.3. The third kappa shape index (κ3) is 5.25. The second-order valence-corrected chi connectivity index (χ2v) is 9.13. The Bertz CT molecular complexity index is 1180. The molecule has 0 saturated carbocycles. The Kier molecular flexibility index (Phi) is 6.86. The number of amides is 2. The van der Waals surface area contributed by atoms with E-state index in [4.69, 9.17) is 13.9 Å². The third-order valence-corrected chi connectivity index (χ3v) is 6.62. The third-order valence-electron chi connectivity index (χ3n) is 6.62.